The number of carbonyl (C=O) groups is 8. The van der Waals surface area contributed by atoms with Crippen molar-refractivity contribution in [2.75, 3.05) is 13.2 Å². The summed E-state index contributed by atoms with van der Waals surface area (Å²) in [5.41, 5.74) is 24.6. The lowest BCUT2D eigenvalue weighted by Crippen LogP contribution is -2.60. The van der Waals surface area contributed by atoms with Gasteiger partial charge in [0.05, 0.1) is 12.9 Å². The van der Waals surface area contributed by atoms with Gasteiger partial charge >= 0.3 is 5.97 Å². The molecule has 7 amide bonds. The number of hydrogen-bond acceptors (Lipinski definition) is 12. The Bertz CT molecular complexity index is 2420. The first-order chi connectivity index (χ1) is 33.3. The minimum absolute atomic E-state index is 0.0247. The first-order valence-corrected chi connectivity index (χ1v) is 22.7. The summed E-state index contributed by atoms with van der Waals surface area (Å²) in [5.74, 6) is -7.73. The number of fused-ring (bicyclic) bond motifs is 1. The molecule has 24 nitrogen and oxygen atoms in total. The Hall–Kier alpha value is -7.86. The van der Waals surface area contributed by atoms with Crippen molar-refractivity contribution >= 4 is 64.2 Å². The fraction of sp³-hybridized carbons (Fsp3) is 0.435. The van der Waals surface area contributed by atoms with Gasteiger partial charge in [-0.2, -0.15) is 0 Å². The van der Waals surface area contributed by atoms with E-state index in [2.05, 4.69) is 51.8 Å². The summed E-state index contributed by atoms with van der Waals surface area (Å²) in [6, 6.07) is 6.25. The number of amides is 7. The van der Waals surface area contributed by atoms with Crippen molar-refractivity contribution in [2.45, 2.75) is 108 Å². The van der Waals surface area contributed by atoms with Crippen molar-refractivity contribution in [3.8, 4) is 0 Å². The molecule has 2 heterocycles. The van der Waals surface area contributed by atoms with E-state index in [0.29, 0.717) is 16.8 Å². The van der Waals surface area contributed by atoms with Crippen LogP contribution in [0, 0.1) is 5.92 Å². The number of para-hydroxylation sites is 1. The van der Waals surface area contributed by atoms with E-state index in [1.165, 1.54) is 12.5 Å². The van der Waals surface area contributed by atoms with Gasteiger partial charge in [0.15, 0.2) is 5.96 Å². The second-order valence-electron chi connectivity index (χ2n) is 17.1. The number of benzene rings is 2. The zero-order chi connectivity index (χ0) is 51.3. The van der Waals surface area contributed by atoms with Crippen molar-refractivity contribution in [3.05, 3.63) is 90.1 Å². The summed E-state index contributed by atoms with van der Waals surface area (Å²) in [6.45, 7) is 2.88. The van der Waals surface area contributed by atoms with Gasteiger partial charge in [0.25, 0.3) is 0 Å². The van der Waals surface area contributed by atoms with E-state index in [0.717, 1.165) is 10.9 Å². The fourth-order valence-corrected chi connectivity index (χ4v) is 7.36. The molecular weight excluding hydrogens is 909 g/mol. The van der Waals surface area contributed by atoms with Gasteiger partial charge < -0.3 is 75.0 Å². The highest BCUT2D eigenvalue weighted by atomic mass is 16.4. The number of nitrogens with one attached hydrogen (secondary N) is 8. The topological polar surface area (TPSA) is 410 Å². The van der Waals surface area contributed by atoms with E-state index in [-0.39, 0.29) is 63.4 Å². The second kappa shape index (κ2) is 27.2. The van der Waals surface area contributed by atoms with Crippen LogP contribution in [0.25, 0.3) is 10.9 Å². The average Bonchev–Trinajstić information content (AvgIpc) is 4.00. The summed E-state index contributed by atoms with van der Waals surface area (Å²) in [5, 5.41) is 35.9. The maximum absolute atomic E-state index is 14.4. The molecule has 0 saturated carbocycles. The predicted octanol–water partition coefficient (Wildman–Crippen LogP) is -2.40. The molecule has 0 fully saturated rings. The summed E-state index contributed by atoms with van der Waals surface area (Å²) in [7, 11) is 0. The number of rotatable bonds is 29. The van der Waals surface area contributed by atoms with Crippen LogP contribution in [0.1, 0.15) is 62.8 Å². The van der Waals surface area contributed by atoms with Gasteiger partial charge in [0.2, 0.25) is 41.4 Å². The molecule has 2 aromatic carbocycles. The zero-order valence-electron chi connectivity index (χ0n) is 39.0. The number of carboxylic acid groups (broad SMARTS) is 1. The van der Waals surface area contributed by atoms with Crippen LogP contribution in [-0.2, 0) is 57.6 Å². The van der Waals surface area contributed by atoms with E-state index < -0.39 is 103 Å². The van der Waals surface area contributed by atoms with Crippen LogP contribution in [0.15, 0.2) is 78.3 Å². The van der Waals surface area contributed by atoms with Crippen LogP contribution in [0.5, 0.6) is 0 Å². The molecule has 0 aliphatic carbocycles. The standard InChI is InChI=1S/C46H64N14O10/c1-25(2)17-34(42(66)59-35(19-27-21-53-31-12-7-6-11-29(27)31)43(67)60-37(45(69)70)18-26-9-4-3-5-10-26)58-40(64)32(13-8-16-52-46(49)50)55-41(65)33(14-15-38(48)62)56-44(68)36(20-28-22-51-24-54-28)57-39(63)30(47)23-61/h3-7,9-12,21-22,24-25,30,32-37,53,61H,8,13-20,23,47H2,1-2H3,(H2,48,62)(H,51,54)(H,55,65)(H,56,68)(H,57,63)(H,58,64)(H,59,66)(H,60,67)(H,69,70)(H4,49,50,52)/t30-,32-,33-,34-,35-,36-,37-/m0/s1. The van der Waals surface area contributed by atoms with Gasteiger partial charge in [0.1, 0.15) is 42.3 Å². The number of nitrogens with two attached hydrogens (primary N) is 4. The Kier molecular flexibility index (Phi) is 21.3. The largest absolute Gasteiger partial charge is 0.480 e. The number of carbonyl (C=O) groups excluding carboxylic acids is 7. The van der Waals surface area contributed by atoms with Crippen LogP contribution in [-0.4, -0.2) is 134 Å². The second-order valence-corrected chi connectivity index (χ2v) is 17.1. The highest BCUT2D eigenvalue weighted by Gasteiger charge is 2.35. The van der Waals surface area contributed by atoms with Crippen LogP contribution in [0.4, 0.5) is 0 Å². The molecule has 18 N–H and O–H groups in total. The third-order valence-corrected chi connectivity index (χ3v) is 11.0. The van der Waals surface area contributed by atoms with Crippen LogP contribution >= 0.6 is 0 Å². The molecule has 0 unspecified atom stereocenters. The van der Waals surface area contributed by atoms with Gasteiger partial charge in [-0.3, -0.25) is 38.6 Å². The monoisotopic (exact) mass is 972 g/mol. The number of aromatic nitrogens is 3. The summed E-state index contributed by atoms with van der Waals surface area (Å²) in [4.78, 5) is 122. The first kappa shape index (κ1) is 54.7. The van der Waals surface area contributed by atoms with Crippen LogP contribution < -0.4 is 54.8 Å². The lowest BCUT2D eigenvalue weighted by atomic mass is 9.99. The first-order valence-electron chi connectivity index (χ1n) is 22.7. The number of primary amides is 1. The number of nitrogens with zero attached hydrogens (tertiary/aromatic N) is 2. The Morgan fingerprint density at radius 3 is 1.83 bits per heavy atom. The van der Waals surface area contributed by atoms with Crippen molar-refractivity contribution in [1.29, 1.82) is 0 Å². The zero-order valence-corrected chi connectivity index (χ0v) is 39.0. The summed E-state index contributed by atoms with van der Waals surface area (Å²) >= 11 is 0. The van der Waals surface area contributed by atoms with Crippen molar-refractivity contribution < 1.29 is 48.6 Å². The van der Waals surface area contributed by atoms with Gasteiger partial charge in [-0.25, -0.2) is 9.78 Å². The summed E-state index contributed by atoms with van der Waals surface area (Å²) < 4.78 is 0. The van der Waals surface area contributed by atoms with Gasteiger partial charge in [0, 0.05) is 61.2 Å². The van der Waals surface area contributed by atoms with Crippen molar-refractivity contribution in [1.82, 2.24) is 46.9 Å². The number of guanidine groups is 1. The number of hydrogen-bond donors (Lipinski definition) is 14. The SMILES string of the molecule is CC(C)C[C@H](NC(=O)[C@H](CCCN=C(N)N)NC(=O)[C@H](CCC(N)=O)NC(=O)[C@H](Cc1cnc[nH]1)NC(=O)[C@@H](N)CO)C(=O)N[C@@H](Cc1c[nH]c2ccccc12)C(=O)N[C@@H](Cc1ccccc1)C(=O)O. The van der Waals surface area contributed by atoms with E-state index in [1.807, 2.05) is 18.2 Å². The number of aliphatic hydroxyl groups excluding tert-OH is 1. The minimum atomic E-state index is -1.52. The average molecular weight is 973 g/mol. The normalized spacial score (nSPS) is 14.1. The molecule has 0 radical (unpaired) electrons. The molecule has 2 aromatic heterocycles. The number of aliphatic hydroxyl groups is 1. The molecule has 7 atom stereocenters. The highest BCUT2D eigenvalue weighted by Crippen LogP contribution is 2.20. The fourth-order valence-electron chi connectivity index (χ4n) is 7.36. The third kappa shape index (κ3) is 17.7. The molecule has 378 valence electrons. The van der Waals surface area contributed by atoms with E-state index in [9.17, 15) is 48.6 Å². The van der Waals surface area contributed by atoms with Crippen molar-refractivity contribution in [3.63, 3.8) is 0 Å². The van der Waals surface area contributed by atoms with Gasteiger partial charge in [-0.15, -0.1) is 0 Å². The molecule has 70 heavy (non-hydrogen) atoms. The molecular formula is C46H64N14O10. The smallest absolute Gasteiger partial charge is 0.326 e. The van der Waals surface area contributed by atoms with Crippen LogP contribution in [0.3, 0.4) is 0 Å². The number of aliphatic imine (C=N–C) groups is 1. The van der Waals surface area contributed by atoms with Gasteiger partial charge in [-0.1, -0.05) is 62.4 Å². The Morgan fingerprint density at radius 2 is 1.23 bits per heavy atom. The van der Waals surface area contributed by atoms with Crippen molar-refractivity contribution in [2.24, 2.45) is 33.8 Å². The minimum Gasteiger partial charge on any atom is -0.480 e. The molecule has 0 aliphatic heterocycles. The maximum atomic E-state index is 14.4. The molecule has 0 aliphatic rings. The molecule has 4 aromatic rings. The lowest BCUT2D eigenvalue weighted by molar-refractivity contribution is -0.142. The summed E-state index contributed by atoms with van der Waals surface area (Å²) in [6.07, 6.45) is 3.45. The molecule has 0 saturated heterocycles. The number of aliphatic carboxylic acids is 1. The Morgan fingerprint density at radius 1 is 0.671 bits per heavy atom. The van der Waals surface area contributed by atoms with E-state index in [4.69, 9.17) is 22.9 Å². The third-order valence-electron chi connectivity index (χ3n) is 11.0. The van der Waals surface area contributed by atoms with E-state index in [1.54, 1.807) is 56.4 Å². The van der Waals surface area contributed by atoms with Gasteiger partial charge in [-0.05, 0) is 48.8 Å². The Labute approximate surface area is 403 Å². The predicted molar refractivity (Wildman–Crippen MR) is 257 cm³/mol. The molecule has 24 heteroatoms. The van der Waals surface area contributed by atoms with E-state index >= 15 is 0 Å². The number of aromatic amines is 2. The number of carboxylic acids is 1. The molecule has 4 rings (SSSR count). The number of imidazole rings is 1. The quantitative estimate of drug-likeness (QED) is 0.0153. The highest BCUT2D eigenvalue weighted by molar-refractivity contribution is 5.97. The maximum Gasteiger partial charge on any atom is 0.326 e. The lowest BCUT2D eigenvalue weighted by Gasteiger charge is -2.28. The van der Waals surface area contributed by atoms with Crippen LogP contribution in [0.2, 0.25) is 0 Å². The molecule has 0 bridgehead atoms. The Balaban J connectivity index is 1.62. The molecule has 0 spiro atoms. The number of H-pyrrole nitrogens is 2.